The average Bonchev–Trinajstić information content (AvgIpc) is 3.25. The summed E-state index contributed by atoms with van der Waals surface area (Å²) < 4.78 is 32.8. The predicted octanol–water partition coefficient (Wildman–Crippen LogP) is 14.2. The Hall–Kier alpha value is -2.04. The molecule has 0 heterocycles. The van der Waals surface area contributed by atoms with Gasteiger partial charge in [-0.15, -0.1) is 0 Å². The Kier molecular flexibility index (Phi) is 44.0. The number of nitrogens with two attached hydrogens (primary N) is 1. The third-order valence-electron chi connectivity index (χ3n) is 11.2. The fraction of sp³-hybridized carbons (Fsp3) is 0.860. The van der Waals surface area contributed by atoms with Crippen LogP contribution in [0.15, 0.2) is 24.3 Å². The van der Waals surface area contributed by atoms with Crippen LogP contribution in [0.2, 0.25) is 0 Å². The zero-order valence-electron chi connectivity index (χ0n) is 39.7. The van der Waals surface area contributed by atoms with E-state index in [0.717, 1.165) is 64.2 Å². The van der Waals surface area contributed by atoms with Gasteiger partial charge < -0.3 is 25.2 Å². The Morgan fingerprint density at radius 1 is 0.500 bits per heavy atom. The Balaban J connectivity index is 4.20. The molecule has 0 aromatic carbocycles. The first-order valence-electron chi connectivity index (χ1n) is 25.4. The highest BCUT2D eigenvalue weighted by molar-refractivity contribution is 7.47. The molecule has 12 heteroatoms. The third-order valence-corrected chi connectivity index (χ3v) is 12.2. The number of allylic oxidation sites excluding steroid dienone is 4. The van der Waals surface area contributed by atoms with E-state index < -0.39 is 51.1 Å². The summed E-state index contributed by atoms with van der Waals surface area (Å²) in [7, 11) is -4.72. The number of rotatable bonds is 48. The summed E-state index contributed by atoms with van der Waals surface area (Å²) in [5.41, 5.74) is 5.35. The van der Waals surface area contributed by atoms with E-state index in [-0.39, 0.29) is 19.4 Å². The molecule has 0 aromatic heterocycles. The number of carbonyl (C=O) groups is 3. The van der Waals surface area contributed by atoms with E-state index in [1.54, 1.807) is 0 Å². The number of aliphatic carboxylic acids is 1. The number of hydrogen-bond donors (Lipinski definition) is 3. The molecule has 3 atom stereocenters. The van der Waals surface area contributed by atoms with Gasteiger partial charge in [0.05, 0.1) is 13.2 Å². The van der Waals surface area contributed by atoms with Crippen LogP contribution in [0.3, 0.4) is 0 Å². The summed E-state index contributed by atoms with van der Waals surface area (Å²) in [6.45, 7) is 2.81. The predicted molar refractivity (Wildman–Crippen MR) is 254 cm³/mol. The number of phosphoric ester groups is 1. The second-order valence-electron chi connectivity index (χ2n) is 17.3. The van der Waals surface area contributed by atoms with Gasteiger partial charge in [0.25, 0.3) is 0 Å². The molecule has 0 radical (unpaired) electrons. The van der Waals surface area contributed by atoms with Gasteiger partial charge in [0.2, 0.25) is 0 Å². The third kappa shape index (κ3) is 44.6. The molecular formula is C50H94NO10P. The molecule has 0 aliphatic rings. The molecule has 1 unspecified atom stereocenters. The first-order valence-corrected chi connectivity index (χ1v) is 26.9. The second-order valence-corrected chi connectivity index (χ2v) is 18.8. The van der Waals surface area contributed by atoms with Crippen molar-refractivity contribution < 1.29 is 47.5 Å². The Morgan fingerprint density at radius 3 is 1.29 bits per heavy atom. The number of phosphoric acid groups is 1. The van der Waals surface area contributed by atoms with E-state index >= 15 is 0 Å². The molecule has 4 N–H and O–H groups in total. The maximum Gasteiger partial charge on any atom is 0.472 e. The topological polar surface area (TPSA) is 172 Å². The molecule has 0 saturated heterocycles. The van der Waals surface area contributed by atoms with Gasteiger partial charge >= 0.3 is 25.7 Å². The van der Waals surface area contributed by atoms with Crippen LogP contribution >= 0.6 is 7.82 Å². The Morgan fingerprint density at radius 2 is 0.855 bits per heavy atom. The quantitative estimate of drug-likeness (QED) is 0.0230. The van der Waals surface area contributed by atoms with Crippen LogP contribution in [0.25, 0.3) is 0 Å². The number of hydrogen-bond acceptors (Lipinski definition) is 9. The monoisotopic (exact) mass is 900 g/mol. The normalized spacial score (nSPS) is 13.7. The van der Waals surface area contributed by atoms with Gasteiger partial charge in [-0.25, -0.2) is 4.57 Å². The molecule has 364 valence electrons. The van der Waals surface area contributed by atoms with Gasteiger partial charge in [-0.1, -0.05) is 212 Å². The molecular weight excluding hydrogens is 806 g/mol. The van der Waals surface area contributed by atoms with Crippen molar-refractivity contribution in [3.63, 3.8) is 0 Å². The van der Waals surface area contributed by atoms with Gasteiger partial charge in [-0.05, 0) is 44.9 Å². The SMILES string of the molecule is CCCCC/C=C/C/C=C/CCCCCCCC(=O)OC[C@@H](COP(=O)(O)OC[C@H](N)C(=O)O)OC(=O)CCCCCCCCCCCCCCCCCCCCCCCCC. The fourth-order valence-electron chi connectivity index (χ4n) is 7.22. The van der Waals surface area contributed by atoms with Crippen LogP contribution in [0.1, 0.15) is 245 Å². The van der Waals surface area contributed by atoms with Gasteiger partial charge in [-0.3, -0.25) is 23.4 Å². The van der Waals surface area contributed by atoms with E-state index in [0.29, 0.717) is 12.8 Å². The number of carboxylic acid groups (broad SMARTS) is 1. The maximum absolute atomic E-state index is 12.7. The summed E-state index contributed by atoms with van der Waals surface area (Å²) >= 11 is 0. The second kappa shape index (κ2) is 45.5. The van der Waals surface area contributed by atoms with E-state index in [1.165, 1.54) is 141 Å². The fourth-order valence-corrected chi connectivity index (χ4v) is 7.99. The lowest BCUT2D eigenvalue weighted by molar-refractivity contribution is -0.161. The van der Waals surface area contributed by atoms with Crippen molar-refractivity contribution in [3.8, 4) is 0 Å². The van der Waals surface area contributed by atoms with Crippen LogP contribution in [-0.4, -0.2) is 59.9 Å². The molecule has 0 amide bonds. The van der Waals surface area contributed by atoms with E-state index in [4.69, 9.17) is 24.8 Å². The van der Waals surface area contributed by atoms with E-state index in [1.807, 2.05) is 0 Å². The molecule has 62 heavy (non-hydrogen) atoms. The maximum atomic E-state index is 12.7. The smallest absolute Gasteiger partial charge is 0.472 e. The number of ether oxygens (including phenoxy) is 2. The summed E-state index contributed by atoms with van der Waals surface area (Å²) in [6, 6.07) is -1.52. The van der Waals surface area contributed by atoms with Crippen molar-refractivity contribution in [2.75, 3.05) is 19.8 Å². The Labute approximate surface area is 379 Å². The number of unbranched alkanes of at least 4 members (excludes halogenated alkanes) is 30. The standard InChI is InChI=1S/C50H94NO10P/c1-3-5-7-9-11-13-15-17-19-20-21-22-23-24-25-26-28-30-32-34-36-38-40-42-49(53)61-46(44-59-62(56,57)60-45-47(51)50(54)55)43-58-48(52)41-39-37-35-33-31-29-27-18-16-14-12-10-8-6-4-2/h12,14,18,27,46-47H,3-11,13,15-17,19-26,28-45,51H2,1-2H3,(H,54,55)(H,56,57)/b14-12+,27-18+/t46-,47-/m0/s1. The molecule has 0 spiro atoms. The minimum atomic E-state index is -4.72. The van der Waals surface area contributed by atoms with Crippen molar-refractivity contribution >= 4 is 25.7 Å². The van der Waals surface area contributed by atoms with Crippen LogP contribution in [-0.2, 0) is 37.5 Å². The number of esters is 2. The largest absolute Gasteiger partial charge is 0.480 e. The lowest BCUT2D eigenvalue weighted by atomic mass is 10.0. The molecule has 0 rings (SSSR count). The van der Waals surface area contributed by atoms with Gasteiger partial charge in [-0.2, -0.15) is 0 Å². The highest BCUT2D eigenvalue weighted by Gasteiger charge is 2.28. The van der Waals surface area contributed by atoms with Gasteiger partial charge in [0.15, 0.2) is 6.10 Å². The average molecular weight is 900 g/mol. The first-order chi connectivity index (χ1) is 30.1. The van der Waals surface area contributed by atoms with Crippen molar-refractivity contribution in [2.24, 2.45) is 5.73 Å². The Bertz CT molecular complexity index is 1150. The van der Waals surface area contributed by atoms with Crippen molar-refractivity contribution in [3.05, 3.63) is 24.3 Å². The van der Waals surface area contributed by atoms with Crippen molar-refractivity contribution in [2.45, 2.75) is 257 Å². The van der Waals surface area contributed by atoms with Crippen molar-refractivity contribution in [1.29, 1.82) is 0 Å². The van der Waals surface area contributed by atoms with Crippen LogP contribution in [0, 0.1) is 0 Å². The van der Waals surface area contributed by atoms with E-state index in [2.05, 4.69) is 42.7 Å². The van der Waals surface area contributed by atoms with Crippen LogP contribution in [0.4, 0.5) is 0 Å². The summed E-state index contributed by atoms with van der Waals surface area (Å²) in [5, 5.41) is 8.91. The van der Waals surface area contributed by atoms with Crippen molar-refractivity contribution in [1.82, 2.24) is 0 Å². The lowest BCUT2D eigenvalue weighted by Gasteiger charge is -2.20. The molecule has 0 aromatic rings. The lowest BCUT2D eigenvalue weighted by Crippen LogP contribution is -2.34. The first kappa shape index (κ1) is 60.0. The zero-order chi connectivity index (χ0) is 45.6. The minimum Gasteiger partial charge on any atom is -0.480 e. The highest BCUT2D eigenvalue weighted by atomic mass is 31.2. The molecule has 0 fully saturated rings. The molecule has 0 saturated carbocycles. The number of carbonyl (C=O) groups excluding carboxylic acids is 2. The van der Waals surface area contributed by atoms with E-state index in [9.17, 15) is 23.8 Å². The number of carboxylic acids is 1. The zero-order valence-corrected chi connectivity index (χ0v) is 40.6. The van der Waals surface area contributed by atoms with Crippen LogP contribution in [0.5, 0.6) is 0 Å². The molecule has 0 bridgehead atoms. The molecule has 0 aliphatic heterocycles. The molecule has 11 nitrogen and oxygen atoms in total. The van der Waals surface area contributed by atoms with Crippen LogP contribution < -0.4 is 5.73 Å². The van der Waals surface area contributed by atoms with Gasteiger partial charge in [0.1, 0.15) is 12.6 Å². The molecule has 0 aliphatic carbocycles. The summed E-state index contributed by atoms with van der Waals surface area (Å²) in [5.74, 6) is -2.38. The highest BCUT2D eigenvalue weighted by Crippen LogP contribution is 2.43. The minimum absolute atomic E-state index is 0.163. The van der Waals surface area contributed by atoms with Gasteiger partial charge in [0, 0.05) is 12.8 Å². The summed E-state index contributed by atoms with van der Waals surface area (Å²) in [4.78, 5) is 46.1. The summed E-state index contributed by atoms with van der Waals surface area (Å²) in [6.07, 6.45) is 49.6.